The second kappa shape index (κ2) is 8.45. The standard InChI is InChI=1S/C20H18N4O3S/c1-15-3-5-16(6-4-15)7-12-19(25)23-17-8-10-18(11-9-17)28(26,27)24-20-21-13-2-14-22-20/h2-14H,1H3,(H,23,25)(H,21,22,24)/b12-7-. The summed E-state index contributed by atoms with van der Waals surface area (Å²) in [4.78, 5) is 19.7. The Hall–Kier alpha value is -3.52. The average molecular weight is 394 g/mol. The van der Waals surface area contributed by atoms with Crippen molar-refractivity contribution in [2.75, 3.05) is 10.0 Å². The molecule has 1 amide bonds. The zero-order chi connectivity index (χ0) is 20.0. The fraction of sp³-hybridized carbons (Fsp3) is 0.0500. The summed E-state index contributed by atoms with van der Waals surface area (Å²) in [5.41, 5.74) is 2.54. The maximum absolute atomic E-state index is 12.3. The van der Waals surface area contributed by atoms with Crippen LogP contribution in [0.5, 0.6) is 0 Å². The molecular formula is C20H18N4O3S. The number of hydrogen-bond donors (Lipinski definition) is 2. The maximum Gasteiger partial charge on any atom is 0.264 e. The monoisotopic (exact) mass is 394 g/mol. The van der Waals surface area contributed by atoms with E-state index in [9.17, 15) is 13.2 Å². The molecule has 0 atom stereocenters. The Labute approximate surface area is 163 Å². The molecule has 0 unspecified atom stereocenters. The number of aryl methyl sites for hydroxylation is 1. The minimum absolute atomic E-state index is 0.0128. The Balaban J connectivity index is 1.63. The maximum atomic E-state index is 12.3. The van der Waals surface area contributed by atoms with Gasteiger partial charge >= 0.3 is 0 Å². The highest BCUT2D eigenvalue weighted by atomic mass is 32.2. The summed E-state index contributed by atoms with van der Waals surface area (Å²) in [7, 11) is -3.81. The van der Waals surface area contributed by atoms with E-state index in [4.69, 9.17) is 0 Å². The Morgan fingerprint density at radius 2 is 1.61 bits per heavy atom. The highest BCUT2D eigenvalue weighted by Crippen LogP contribution is 2.16. The molecule has 3 aromatic rings. The van der Waals surface area contributed by atoms with Gasteiger partial charge in [0.15, 0.2) is 0 Å². The third-order valence-electron chi connectivity index (χ3n) is 3.73. The van der Waals surface area contributed by atoms with Gasteiger partial charge in [0, 0.05) is 24.2 Å². The van der Waals surface area contributed by atoms with E-state index in [-0.39, 0.29) is 16.8 Å². The molecule has 0 bridgehead atoms. The van der Waals surface area contributed by atoms with E-state index in [0.29, 0.717) is 5.69 Å². The summed E-state index contributed by atoms with van der Waals surface area (Å²) in [6, 6.07) is 15.2. The quantitative estimate of drug-likeness (QED) is 0.625. The van der Waals surface area contributed by atoms with E-state index in [0.717, 1.165) is 11.1 Å². The third kappa shape index (κ3) is 5.24. The van der Waals surface area contributed by atoms with Crippen LogP contribution < -0.4 is 10.0 Å². The summed E-state index contributed by atoms with van der Waals surface area (Å²) < 4.78 is 26.9. The molecule has 0 saturated heterocycles. The van der Waals surface area contributed by atoms with Crippen molar-refractivity contribution in [2.24, 2.45) is 0 Å². The summed E-state index contributed by atoms with van der Waals surface area (Å²) in [5.74, 6) is -0.326. The van der Waals surface area contributed by atoms with Gasteiger partial charge in [0.2, 0.25) is 11.9 Å². The molecule has 0 radical (unpaired) electrons. The number of carbonyl (C=O) groups is 1. The first-order chi connectivity index (χ1) is 13.4. The number of benzene rings is 2. The van der Waals surface area contributed by atoms with E-state index >= 15 is 0 Å². The molecule has 0 spiro atoms. The number of carbonyl (C=O) groups excluding carboxylic acids is 1. The largest absolute Gasteiger partial charge is 0.323 e. The van der Waals surface area contributed by atoms with Crippen LogP contribution in [0.2, 0.25) is 0 Å². The lowest BCUT2D eigenvalue weighted by atomic mass is 10.1. The second-order valence-electron chi connectivity index (χ2n) is 5.94. The molecule has 2 N–H and O–H groups in total. The van der Waals surface area contributed by atoms with Crippen LogP contribution in [0.1, 0.15) is 11.1 Å². The minimum Gasteiger partial charge on any atom is -0.323 e. The van der Waals surface area contributed by atoms with E-state index in [1.54, 1.807) is 12.1 Å². The van der Waals surface area contributed by atoms with Crippen molar-refractivity contribution >= 4 is 33.6 Å². The van der Waals surface area contributed by atoms with E-state index in [1.807, 2.05) is 31.2 Å². The Kier molecular flexibility index (Phi) is 5.81. The Morgan fingerprint density at radius 1 is 0.964 bits per heavy atom. The summed E-state index contributed by atoms with van der Waals surface area (Å²) in [6.07, 6.45) is 6.00. The molecule has 0 fully saturated rings. The first-order valence-electron chi connectivity index (χ1n) is 8.38. The van der Waals surface area contributed by atoms with Crippen molar-refractivity contribution in [2.45, 2.75) is 11.8 Å². The molecule has 0 aliphatic heterocycles. The zero-order valence-electron chi connectivity index (χ0n) is 15.0. The number of anilines is 2. The van der Waals surface area contributed by atoms with Gasteiger partial charge in [0.25, 0.3) is 10.0 Å². The van der Waals surface area contributed by atoms with E-state index in [1.165, 1.54) is 42.7 Å². The number of rotatable bonds is 6. The summed E-state index contributed by atoms with van der Waals surface area (Å²) in [5, 5.41) is 2.69. The Bertz CT molecular complexity index is 1080. The van der Waals surface area contributed by atoms with Crippen LogP contribution in [0.3, 0.4) is 0 Å². The average Bonchev–Trinajstić information content (AvgIpc) is 2.68. The van der Waals surface area contributed by atoms with Crippen molar-refractivity contribution in [1.82, 2.24) is 9.97 Å². The first kappa shape index (κ1) is 19.2. The molecule has 0 aliphatic rings. The van der Waals surface area contributed by atoms with Crippen LogP contribution in [0.25, 0.3) is 6.08 Å². The number of amides is 1. The lowest BCUT2D eigenvalue weighted by molar-refractivity contribution is -0.111. The topological polar surface area (TPSA) is 101 Å². The molecule has 7 nitrogen and oxygen atoms in total. The molecule has 28 heavy (non-hydrogen) atoms. The second-order valence-corrected chi connectivity index (χ2v) is 7.62. The minimum atomic E-state index is -3.81. The number of nitrogens with zero attached hydrogens (tertiary/aromatic N) is 2. The summed E-state index contributed by atoms with van der Waals surface area (Å²) in [6.45, 7) is 1.99. The van der Waals surface area contributed by atoms with Gasteiger partial charge in [-0.2, -0.15) is 0 Å². The van der Waals surface area contributed by atoms with Crippen LogP contribution in [0.15, 0.2) is 78.0 Å². The number of aromatic nitrogens is 2. The van der Waals surface area contributed by atoms with Crippen molar-refractivity contribution in [3.8, 4) is 0 Å². The zero-order valence-corrected chi connectivity index (χ0v) is 15.8. The SMILES string of the molecule is Cc1ccc(/C=C\C(=O)Nc2ccc(S(=O)(=O)Nc3ncccn3)cc2)cc1. The predicted octanol–water partition coefficient (Wildman–Crippen LogP) is 3.24. The van der Waals surface area contributed by atoms with Gasteiger partial charge in [-0.05, 0) is 48.9 Å². The summed E-state index contributed by atoms with van der Waals surface area (Å²) >= 11 is 0. The molecule has 2 aromatic carbocycles. The third-order valence-corrected chi connectivity index (χ3v) is 5.07. The lowest BCUT2D eigenvalue weighted by Gasteiger charge is -2.07. The van der Waals surface area contributed by atoms with Crippen molar-refractivity contribution in [3.63, 3.8) is 0 Å². The van der Waals surface area contributed by atoms with Crippen LogP contribution in [0, 0.1) is 6.92 Å². The predicted molar refractivity (Wildman–Crippen MR) is 108 cm³/mol. The molecule has 8 heteroatoms. The van der Waals surface area contributed by atoms with Crippen molar-refractivity contribution < 1.29 is 13.2 Å². The smallest absolute Gasteiger partial charge is 0.264 e. The highest BCUT2D eigenvalue weighted by molar-refractivity contribution is 7.92. The Morgan fingerprint density at radius 3 is 2.25 bits per heavy atom. The van der Waals surface area contributed by atoms with Crippen LogP contribution in [0.4, 0.5) is 11.6 Å². The van der Waals surface area contributed by atoms with Gasteiger partial charge in [-0.3, -0.25) is 4.79 Å². The molecule has 3 rings (SSSR count). The van der Waals surface area contributed by atoms with Crippen LogP contribution in [-0.4, -0.2) is 24.3 Å². The van der Waals surface area contributed by atoms with Gasteiger partial charge in [-0.1, -0.05) is 29.8 Å². The number of sulfonamides is 1. The van der Waals surface area contributed by atoms with E-state index in [2.05, 4.69) is 20.0 Å². The van der Waals surface area contributed by atoms with Gasteiger partial charge in [-0.25, -0.2) is 23.1 Å². The molecule has 142 valence electrons. The lowest BCUT2D eigenvalue weighted by Crippen LogP contribution is -2.15. The molecule has 0 aliphatic carbocycles. The normalized spacial score (nSPS) is 11.3. The fourth-order valence-electron chi connectivity index (χ4n) is 2.28. The highest BCUT2D eigenvalue weighted by Gasteiger charge is 2.15. The van der Waals surface area contributed by atoms with Gasteiger partial charge < -0.3 is 5.32 Å². The number of hydrogen-bond acceptors (Lipinski definition) is 5. The molecular weight excluding hydrogens is 376 g/mol. The van der Waals surface area contributed by atoms with Gasteiger partial charge in [-0.15, -0.1) is 0 Å². The van der Waals surface area contributed by atoms with Gasteiger partial charge in [0.05, 0.1) is 4.90 Å². The van der Waals surface area contributed by atoms with Gasteiger partial charge in [0.1, 0.15) is 0 Å². The van der Waals surface area contributed by atoms with Crippen molar-refractivity contribution in [1.29, 1.82) is 0 Å². The van der Waals surface area contributed by atoms with Crippen LogP contribution in [-0.2, 0) is 14.8 Å². The van der Waals surface area contributed by atoms with Crippen LogP contribution >= 0.6 is 0 Å². The molecule has 0 saturated carbocycles. The fourth-order valence-corrected chi connectivity index (χ4v) is 3.24. The molecule has 1 heterocycles. The molecule has 1 aromatic heterocycles. The first-order valence-corrected chi connectivity index (χ1v) is 9.86. The number of nitrogens with one attached hydrogen (secondary N) is 2. The van der Waals surface area contributed by atoms with E-state index < -0.39 is 10.0 Å². The van der Waals surface area contributed by atoms with Crippen molar-refractivity contribution in [3.05, 3.63) is 84.2 Å².